The third-order valence-corrected chi connectivity index (χ3v) is 9.53. The number of hydrogen-bond donors (Lipinski definition) is 0. The molecule has 0 unspecified atom stereocenters. The lowest BCUT2D eigenvalue weighted by molar-refractivity contribution is -0.157. The molecule has 4 nitrogen and oxygen atoms in total. The Labute approximate surface area is 221 Å². The predicted octanol–water partition coefficient (Wildman–Crippen LogP) is 6.34. The summed E-state index contributed by atoms with van der Waals surface area (Å²) in [5, 5.41) is 2.24. The molecule has 1 fully saturated rings. The fourth-order valence-electron chi connectivity index (χ4n) is 8.16. The van der Waals surface area contributed by atoms with Gasteiger partial charge < -0.3 is 9.47 Å². The maximum atomic E-state index is 15.1. The molecular weight excluding hydrogens is 472 g/mol. The summed E-state index contributed by atoms with van der Waals surface area (Å²) in [5.41, 5.74) is 2.80. The number of carbonyl (C=O) groups is 2. The first-order valence-electron chi connectivity index (χ1n) is 13.7. The molecule has 1 aliphatic heterocycles. The van der Waals surface area contributed by atoms with Crippen LogP contribution < -0.4 is 4.74 Å². The normalized spacial score (nSPS) is 30.1. The summed E-state index contributed by atoms with van der Waals surface area (Å²) >= 11 is 0. The van der Waals surface area contributed by atoms with Crippen molar-refractivity contribution in [2.45, 2.75) is 49.2 Å². The Kier molecular flexibility index (Phi) is 4.47. The third kappa shape index (κ3) is 2.50. The van der Waals surface area contributed by atoms with Gasteiger partial charge in [0.2, 0.25) is 5.60 Å². The monoisotopic (exact) mass is 500 g/mol. The lowest BCUT2D eigenvalue weighted by atomic mass is 9.54. The fraction of sp³-hybridized carbons (Fsp3) is 0.294. The minimum Gasteiger partial charge on any atom is -0.473 e. The first-order chi connectivity index (χ1) is 18.6. The van der Waals surface area contributed by atoms with Gasteiger partial charge in [-0.15, -0.1) is 0 Å². The van der Waals surface area contributed by atoms with E-state index in [1.54, 1.807) is 0 Å². The number of ether oxygens (including phenoxy) is 2. The molecule has 4 aromatic rings. The molecule has 0 saturated heterocycles. The van der Waals surface area contributed by atoms with Crippen LogP contribution >= 0.6 is 0 Å². The summed E-state index contributed by atoms with van der Waals surface area (Å²) in [4.78, 5) is 29.4. The van der Waals surface area contributed by atoms with Crippen molar-refractivity contribution in [3.8, 4) is 5.75 Å². The van der Waals surface area contributed by atoms with Gasteiger partial charge in [-0.1, -0.05) is 85.8 Å². The van der Waals surface area contributed by atoms with Crippen molar-refractivity contribution in [1.82, 2.24) is 0 Å². The van der Waals surface area contributed by atoms with Crippen molar-refractivity contribution in [1.29, 1.82) is 0 Å². The molecule has 4 heteroatoms. The topological polar surface area (TPSA) is 52.6 Å². The van der Waals surface area contributed by atoms with Gasteiger partial charge in [0, 0.05) is 24.2 Å². The maximum Gasteiger partial charge on any atom is 0.203 e. The van der Waals surface area contributed by atoms with Crippen molar-refractivity contribution in [3.63, 3.8) is 0 Å². The van der Waals surface area contributed by atoms with Gasteiger partial charge >= 0.3 is 0 Å². The summed E-state index contributed by atoms with van der Waals surface area (Å²) in [5.74, 6) is -0.321. The van der Waals surface area contributed by atoms with Gasteiger partial charge in [0.25, 0.3) is 0 Å². The maximum absolute atomic E-state index is 15.1. The first-order valence-corrected chi connectivity index (χ1v) is 13.7. The van der Waals surface area contributed by atoms with E-state index < -0.39 is 29.0 Å². The van der Waals surface area contributed by atoms with Crippen molar-refractivity contribution in [3.05, 3.63) is 113 Å². The highest BCUT2D eigenvalue weighted by Crippen LogP contribution is 2.67. The second kappa shape index (κ2) is 7.64. The molecule has 5 aliphatic rings. The SMILES string of the molecule is CCCO[C@@H]1c2ccccc2[C@@]23Oc4ccc5ccccc5c4C[C@@]24CC(=O)[C@H](c2ccccc24)[C@@H]1C3=O. The van der Waals surface area contributed by atoms with E-state index in [0.29, 0.717) is 13.0 Å². The number of fused-ring (bicyclic) bond motifs is 5. The van der Waals surface area contributed by atoms with Gasteiger partial charge in [0.05, 0.1) is 23.4 Å². The smallest absolute Gasteiger partial charge is 0.203 e. The molecule has 0 aromatic heterocycles. The van der Waals surface area contributed by atoms with Crippen LogP contribution in [-0.2, 0) is 31.8 Å². The molecule has 1 heterocycles. The van der Waals surface area contributed by atoms with E-state index in [1.165, 1.54) is 0 Å². The summed E-state index contributed by atoms with van der Waals surface area (Å²) in [6.07, 6.45) is 1.18. The molecule has 4 bridgehead atoms. The molecule has 0 radical (unpaired) electrons. The van der Waals surface area contributed by atoms with Crippen LogP contribution in [0.2, 0.25) is 0 Å². The van der Waals surface area contributed by atoms with Gasteiger partial charge in [-0.05, 0) is 46.4 Å². The minimum absolute atomic E-state index is 0.0110. The van der Waals surface area contributed by atoms with E-state index in [2.05, 4.69) is 43.3 Å². The lowest BCUT2D eigenvalue weighted by Gasteiger charge is -2.55. The number of ketones is 2. The fourth-order valence-corrected chi connectivity index (χ4v) is 8.16. The summed E-state index contributed by atoms with van der Waals surface area (Å²) < 4.78 is 13.6. The summed E-state index contributed by atoms with van der Waals surface area (Å²) in [7, 11) is 0. The highest BCUT2D eigenvalue weighted by Gasteiger charge is 2.74. The number of benzene rings is 4. The Morgan fingerprint density at radius 1 is 0.842 bits per heavy atom. The van der Waals surface area contributed by atoms with E-state index >= 15 is 4.79 Å². The van der Waals surface area contributed by atoms with E-state index in [9.17, 15) is 4.79 Å². The van der Waals surface area contributed by atoms with Crippen molar-refractivity contribution in [2.24, 2.45) is 5.92 Å². The molecule has 1 saturated carbocycles. The van der Waals surface area contributed by atoms with E-state index in [1.807, 2.05) is 48.5 Å². The van der Waals surface area contributed by atoms with Crippen molar-refractivity contribution >= 4 is 22.3 Å². The Balaban J connectivity index is 1.52. The first kappa shape index (κ1) is 22.2. The van der Waals surface area contributed by atoms with E-state index in [-0.39, 0.29) is 18.0 Å². The molecule has 188 valence electrons. The molecule has 9 rings (SSSR count). The molecule has 0 amide bonds. The van der Waals surface area contributed by atoms with Crippen LogP contribution in [0, 0.1) is 5.92 Å². The molecule has 0 N–H and O–H groups in total. The van der Waals surface area contributed by atoms with Gasteiger partial charge in [0.15, 0.2) is 5.78 Å². The van der Waals surface area contributed by atoms with Crippen molar-refractivity contribution in [2.75, 3.05) is 6.61 Å². The quantitative estimate of drug-likeness (QED) is 0.329. The zero-order valence-corrected chi connectivity index (χ0v) is 21.3. The number of rotatable bonds is 3. The van der Waals surface area contributed by atoms with Crippen molar-refractivity contribution < 1.29 is 19.1 Å². The van der Waals surface area contributed by atoms with Crippen LogP contribution in [0.5, 0.6) is 5.75 Å². The Bertz CT molecular complexity index is 1670. The molecule has 2 spiro atoms. The molecular formula is C34H28O4. The second-order valence-electron chi connectivity index (χ2n) is 11.3. The number of hydrogen-bond acceptors (Lipinski definition) is 4. The van der Waals surface area contributed by atoms with Crippen LogP contribution in [0.15, 0.2) is 84.9 Å². The van der Waals surface area contributed by atoms with Crippen LogP contribution in [0.25, 0.3) is 10.8 Å². The second-order valence-corrected chi connectivity index (χ2v) is 11.3. The largest absolute Gasteiger partial charge is 0.473 e. The van der Waals surface area contributed by atoms with Gasteiger partial charge in [0.1, 0.15) is 11.5 Å². The summed E-state index contributed by atoms with van der Waals surface area (Å²) in [6.45, 7) is 2.59. The van der Waals surface area contributed by atoms with Gasteiger partial charge in [-0.2, -0.15) is 0 Å². The number of Topliss-reactive ketones (excluding diaryl/α,β-unsaturated/α-hetero) is 2. The molecule has 38 heavy (non-hydrogen) atoms. The van der Waals surface area contributed by atoms with E-state index in [0.717, 1.165) is 50.8 Å². The zero-order chi connectivity index (χ0) is 25.6. The highest BCUT2D eigenvalue weighted by molar-refractivity contribution is 6.07. The van der Waals surface area contributed by atoms with Crippen LogP contribution in [-0.4, -0.2) is 18.2 Å². The number of carbonyl (C=O) groups excluding carboxylic acids is 2. The highest BCUT2D eigenvalue weighted by atomic mass is 16.5. The predicted molar refractivity (Wildman–Crippen MR) is 144 cm³/mol. The third-order valence-electron chi connectivity index (χ3n) is 9.53. The average Bonchev–Trinajstić information content (AvgIpc) is 3.04. The molecule has 4 aliphatic carbocycles. The van der Waals surface area contributed by atoms with Gasteiger partial charge in [-0.3, -0.25) is 9.59 Å². The standard InChI is InChI=1S/C34H28O4/c1-2-17-37-31-23-12-6-8-14-26(23)34-32(36)30(31)29-22-11-5-7-13-25(22)33(34,19-27(29)35)18-24-21-10-4-3-9-20(21)15-16-28(24)38-34/h3-16,29-31H,2,17-19H2,1H3/t29-,30-,31+,33-,34-/m0/s1. The molecule has 5 atom stereocenters. The summed E-state index contributed by atoms with van der Waals surface area (Å²) in [6, 6.07) is 28.7. The van der Waals surface area contributed by atoms with Crippen LogP contribution in [0.4, 0.5) is 0 Å². The van der Waals surface area contributed by atoms with Gasteiger partial charge in [-0.25, -0.2) is 0 Å². The molecule has 4 aromatic carbocycles. The Morgan fingerprint density at radius 3 is 2.42 bits per heavy atom. The minimum atomic E-state index is -1.30. The average molecular weight is 501 g/mol. The van der Waals surface area contributed by atoms with Crippen LogP contribution in [0.1, 0.15) is 59.6 Å². The van der Waals surface area contributed by atoms with E-state index in [4.69, 9.17) is 9.47 Å². The zero-order valence-electron chi connectivity index (χ0n) is 21.3. The van der Waals surface area contributed by atoms with Crippen LogP contribution in [0.3, 0.4) is 0 Å². The Morgan fingerprint density at radius 2 is 1.58 bits per heavy atom. The Hall–Kier alpha value is -3.76. The lowest BCUT2D eigenvalue weighted by Crippen LogP contribution is -2.64.